The topological polar surface area (TPSA) is 82.3 Å². The molecule has 2 rings (SSSR count). The first-order valence-corrected chi connectivity index (χ1v) is 8.81. The van der Waals surface area contributed by atoms with Crippen molar-refractivity contribution in [3.8, 4) is 0 Å². The summed E-state index contributed by atoms with van der Waals surface area (Å²) in [6.07, 6.45) is -9.11. The summed E-state index contributed by atoms with van der Waals surface area (Å²) in [6.45, 7) is 1.41. The summed E-state index contributed by atoms with van der Waals surface area (Å²) in [5.41, 5.74) is -2.00. The molecule has 0 fully saturated rings. The number of nitrogens with one attached hydrogen (secondary N) is 4. The summed E-state index contributed by atoms with van der Waals surface area (Å²) in [4.78, 5) is 23.8. The Balaban J connectivity index is 1.82. The van der Waals surface area contributed by atoms with Gasteiger partial charge in [0.15, 0.2) is 0 Å². The third kappa shape index (κ3) is 7.72. The van der Waals surface area contributed by atoms with E-state index in [0.717, 1.165) is 36.4 Å². The molecule has 1 unspecified atom stereocenters. The highest BCUT2D eigenvalue weighted by molar-refractivity contribution is 5.90. The summed E-state index contributed by atoms with van der Waals surface area (Å²) in [6, 6.07) is 5.85. The molecule has 0 aliphatic carbocycles. The Morgan fingerprint density at radius 1 is 0.806 bits per heavy atom. The average Bonchev–Trinajstić information content (AvgIpc) is 2.65. The molecule has 6 nitrogen and oxygen atoms in total. The molecule has 0 saturated carbocycles. The zero-order valence-electron chi connectivity index (χ0n) is 16.0. The molecule has 0 aliphatic rings. The summed E-state index contributed by atoms with van der Waals surface area (Å²) in [5.74, 6) is 0. The zero-order chi connectivity index (χ0) is 23.2. The molecule has 4 N–H and O–H groups in total. The Morgan fingerprint density at radius 2 is 1.26 bits per heavy atom. The fourth-order valence-electron chi connectivity index (χ4n) is 2.41. The Bertz CT molecular complexity index is 930. The number of carbonyl (C=O) groups excluding carboxylic acids is 2. The third-order valence-electron chi connectivity index (χ3n) is 3.84. The minimum Gasteiger partial charge on any atom is -0.336 e. The van der Waals surface area contributed by atoms with Gasteiger partial charge in [0.25, 0.3) is 0 Å². The second-order valence-corrected chi connectivity index (χ2v) is 6.49. The van der Waals surface area contributed by atoms with Crippen LogP contribution < -0.4 is 21.3 Å². The molecule has 2 aromatic carbocycles. The predicted molar refractivity (Wildman–Crippen MR) is 102 cm³/mol. The van der Waals surface area contributed by atoms with Gasteiger partial charge in [-0.3, -0.25) is 0 Å². The lowest BCUT2D eigenvalue weighted by Crippen LogP contribution is -2.44. The van der Waals surface area contributed by atoms with Crippen LogP contribution >= 0.6 is 0 Å². The highest BCUT2D eigenvalue weighted by Crippen LogP contribution is 2.31. The van der Waals surface area contributed by atoms with Crippen molar-refractivity contribution in [3.63, 3.8) is 0 Å². The van der Waals surface area contributed by atoms with Gasteiger partial charge in [-0.25, -0.2) is 9.59 Å². The molecule has 31 heavy (non-hydrogen) atoms. The van der Waals surface area contributed by atoms with E-state index in [1.54, 1.807) is 0 Å². The average molecular weight is 448 g/mol. The number of rotatable bonds is 5. The number of benzene rings is 2. The van der Waals surface area contributed by atoms with E-state index in [0.29, 0.717) is 0 Å². The van der Waals surface area contributed by atoms with E-state index in [1.807, 2.05) is 0 Å². The predicted octanol–water partition coefficient (Wildman–Crippen LogP) is 5.06. The van der Waals surface area contributed by atoms with Gasteiger partial charge < -0.3 is 21.3 Å². The van der Waals surface area contributed by atoms with Gasteiger partial charge in [0.2, 0.25) is 0 Å². The summed E-state index contributed by atoms with van der Waals surface area (Å²) in [5, 5.41) is 9.26. The van der Waals surface area contributed by atoms with Crippen molar-refractivity contribution in [1.29, 1.82) is 0 Å². The van der Waals surface area contributed by atoms with Crippen LogP contribution in [-0.2, 0) is 12.4 Å². The van der Waals surface area contributed by atoms with Crippen LogP contribution in [0.5, 0.6) is 0 Å². The maximum atomic E-state index is 12.7. The summed E-state index contributed by atoms with van der Waals surface area (Å²) >= 11 is 0. The Labute approximate surface area is 173 Å². The number of amides is 4. The number of carbonyl (C=O) groups is 2. The maximum absolute atomic E-state index is 12.7. The van der Waals surface area contributed by atoms with Crippen LogP contribution in [0.4, 0.5) is 47.3 Å². The molecule has 0 spiro atoms. The molecular weight excluding hydrogens is 430 g/mol. The van der Waals surface area contributed by atoms with E-state index in [1.165, 1.54) is 19.1 Å². The van der Waals surface area contributed by atoms with Gasteiger partial charge in [-0.2, -0.15) is 26.3 Å². The second-order valence-electron chi connectivity index (χ2n) is 6.49. The van der Waals surface area contributed by atoms with Crippen LogP contribution in [0.25, 0.3) is 0 Å². The molecule has 0 radical (unpaired) electrons. The lowest BCUT2D eigenvalue weighted by Gasteiger charge is -2.16. The fraction of sp³-hybridized carbons (Fsp3) is 0.263. The van der Waals surface area contributed by atoms with Crippen LogP contribution in [0.15, 0.2) is 48.5 Å². The first-order valence-electron chi connectivity index (χ1n) is 8.81. The van der Waals surface area contributed by atoms with E-state index < -0.39 is 41.6 Å². The quantitative estimate of drug-likeness (QED) is 0.483. The first kappa shape index (κ1) is 23.8. The number of hydrogen-bond donors (Lipinski definition) is 4. The van der Waals surface area contributed by atoms with Gasteiger partial charge in [0, 0.05) is 24.0 Å². The number of urea groups is 2. The summed E-state index contributed by atoms with van der Waals surface area (Å²) < 4.78 is 76.2. The Kier molecular flexibility index (Phi) is 7.37. The van der Waals surface area contributed by atoms with E-state index in [4.69, 9.17) is 0 Å². The molecular formula is C19H18F6N4O2. The smallest absolute Gasteiger partial charge is 0.336 e. The molecule has 0 aromatic heterocycles. The van der Waals surface area contributed by atoms with Crippen molar-refractivity contribution in [2.45, 2.75) is 25.3 Å². The van der Waals surface area contributed by atoms with Gasteiger partial charge in [-0.15, -0.1) is 0 Å². The highest BCUT2D eigenvalue weighted by atomic mass is 19.4. The summed E-state index contributed by atoms with van der Waals surface area (Å²) in [7, 11) is 0. The van der Waals surface area contributed by atoms with E-state index in [9.17, 15) is 35.9 Å². The van der Waals surface area contributed by atoms with Crippen LogP contribution in [0.1, 0.15) is 18.1 Å². The molecule has 12 heteroatoms. The number of hydrogen-bond acceptors (Lipinski definition) is 2. The molecule has 0 bridgehead atoms. The number of halogens is 6. The Morgan fingerprint density at radius 3 is 1.71 bits per heavy atom. The van der Waals surface area contributed by atoms with Crippen molar-refractivity contribution in [1.82, 2.24) is 10.6 Å². The van der Waals surface area contributed by atoms with Gasteiger partial charge in [0.1, 0.15) is 0 Å². The van der Waals surface area contributed by atoms with Crippen LogP contribution in [-0.4, -0.2) is 24.6 Å². The lowest BCUT2D eigenvalue weighted by molar-refractivity contribution is -0.138. The highest BCUT2D eigenvalue weighted by Gasteiger charge is 2.31. The van der Waals surface area contributed by atoms with Crippen molar-refractivity contribution in [2.75, 3.05) is 17.2 Å². The maximum Gasteiger partial charge on any atom is 0.416 e. The Hall–Kier alpha value is -3.44. The van der Waals surface area contributed by atoms with Crippen LogP contribution in [0.2, 0.25) is 0 Å². The van der Waals surface area contributed by atoms with Gasteiger partial charge in [-0.1, -0.05) is 12.1 Å². The molecule has 2 aromatic rings. The van der Waals surface area contributed by atoms with E-state index in [2.05, 4.69) is 21.3 Å². The molecule has 0 heterocycles. The lowest BCUT2D eigenvalue weighted by atomic mass is 10.2. The molecule has 4 amide bonds. The van der Waals surface area contributed by atoms with E-state index >= 15 is 0 Å². The largest absolute Gasteiger partial charge is 0.416 e. The van der Waals surface area contributed by atoms with Gasteiger partial charge in [-0.05, 0) is 43.3 Å². The minimum absolute atomic E-state index is 0.0739. The SMILES string of the molecule is CC(CNC(=O)Nc1cccc(C(F)(F)F)c1)NC(=O)Nc1cccc(C(F)(F)F)c1. The fourth-order valence-corrected chi connectivity index (χ4v) is 2.41. The minimum atomic E-state index is -4.56. The molecule has 1 atom stereocenters. The van der Waals surface area contributed by atoms with Crippen molar-refractivity contribution < 1.29 is 35.9 Å². The standard InChI is InChI=1S/C19H18F6N4O2/c1-11(27-17(31)29-15-7-3-5-13(9-15)19(23,24)25)10-26-16(30)28-14-6-2-4-12(8-14)18(20,21)22/h2-9,11H,10H2,1H3,(H2,26,28,30)(H2,27,29,31). The number of anilines is 2. The molecule has 0 saturated heterocycles. The first-order chi connectivity index (χ1) is 14.3. The normalized spacial score (nSPS) is 12.6. The van der Waals surface area contributed by atoms with Crippen LogP contribution in [0.3, 0.4) is 0 Å². The second kappa shape index (κ2) is 9.58. The zero-order valence-corrected chi connectivity index (χ0v) is 16.0. The van der Waals surface area contributed by atoms with Crippen molar-refractivity contribution >= 4 is 23.4 Å². The van der Waals surface area contributed by atoms with Gasteiger partial charge in [0.05, 0.1) is 11.1 Å². The van der Waals surface area contributed by atoms with Crippen molar-refractivity contribution in [2.24, 2.45) is 0 Å². The van der Waals surface area contributed by atoms with Crippen LogP contribution in [0, 0.1) is 0 Å². The van der Waals surface area contributed by atoms with Crippen molar-refractivity contribution in [3.05, 3.63) is 59.7 Å². The monoisotopic (exact) mass is 448 g/mol. The molecule has 0 aliphatic heterocycles. The molecule has 168 valence electrons. The third-order valence-corrected chi connectivity index (χ3v) is 3.84. The van der Waals surface area contributed by atoms with Gasteiger partial charge >= 0.3 is 24.4 Å². The number of alkyl halides is 6. The van der Waals surface area contributed by atoms with E-state index in [-0.39, 0.29) is 17.9 Å².